The van der Waals surface area contributed by atoms with Crippen LogP contribution in [0.2, 0.25) is 0 Å². The molecule has 0 aromatic heterocycles. The Morgan fingerprint density at radius 1 is 0.861 bits per heavy atom. The lowest BCUT2D eigenvalue weighted by atomic mass is 9.70. The number of benzene rings is 2. The highest BCUT2D eigenvalue weighted by Gasteiger charge is 2.47. The number of Topliss-reactive ketones (excluding diaryl/α,β-unsaturated/α-hetero) is 2. The molecule has 0 heterocycles. The Bertz CT molecular complexity index is 1080. The second-order valence-corrected chi connectivity index (χ2v) is 10.6. The molecule has 3 rings (SSSR count). The summed E-state index contributed by atoms with van der Waals surface area (Å²) in [4.78, 5) is 35.3. The van der Waals surface area contributed by atoms with Crippen molar-refractivity contribution in [3.8, 4) is 0 Å². The van der Waals surface area contributed by atoms with E-state index in [1.54, 1.807) is 0 Å². The predicted octanol–water partition coefficient (Wildman–Crippen LogP) is 6.28. The van der Waals surface area contributed by atoms with Crippen LogP contribution >= 0.6 is 0 Å². The van der Waals surface area contributed by atoms with Gasteiger partial charge < -0.3 is 15.1 Å². The normalized spacial score (nSPS) is 18.7. The zero-order valence-electron chi connectivity index (χ0n) is 23.1. The van der Waals surface area contributed by atoms with E-state index >= 15 is 0 Å². The van der Waals surface area contributed by atoms with Gasteiger partial charge in [0.15, 0.2) is 11.6 Å². The number of nitrogens with zero attached hydrogens (tertiary/aromatic N) is 3. The molecule has 6 heteroatoms. The van der Waals surface area contributed by atoms with Crippen LogP contribution in [0.3, 0.4) is 0 Å². The fraction of sp³-hybridized carbons (Fsp3) is 0.500. The van der Waals surface area contributed by atoms with Crippen molar-refractivity contribution in [3.05, 3.63) is 48.5 Å². The van der Waals surface area contributed by atoms with E-state index in [0.717, 1.165) is 35.8 Å². The molecule has 0 aliphatic heterocycles. The van der Waals surface area contributed by atoms with Crippen molar-refractivity contribution >= 4 is 40.0 Å². The van der Waals surface area contributed by atoms with Crippen LogP contribution in [-0.2, 0) is 9.59 Å². The molecule has 1 atom stereocenters. The van der Waals surface area contributed by atoms with Crippen LogP contribution in [-0.4, -0.2) is 48.5 Å². The second kappa shape index (κ2) is 11.3. The summed E-state index contributed by atoms with van der Waals surface area (Å²) in [6.45, 7) is 18.7. The molecular weight excluding hydrogens is 448 g/mol. The number of hydrogen-bond donors (Lipinski definition) is 1. The fourth-order valence-corrected chi connectivity index (χ4v) is 5.17. The highest BCUT2D eigenvalue weighted by molar-refractivity contribution is 6.47. The van der Waals surface area contributed by atoms with Gasteiger partial charge in [-0.15, -0.1) is 0 Å². The maximum Gasteiger partial charge on any atom is 0.185 e. The first-order chi connectivity index (χ1) is 17.0. The smallest absolute Gasteiger partial charge is 0.185 e. The third-order valence-electron chi connectivity index (χ3n) is 7.11. The average Bonchev–Trinajstić information content (AvgIpc) is 2.82. The summed E-state index contributed by atoms with van der Waals surface area (Å²) in [5.74, 6) is -0.299. The van der Waals surface area contributed by atoms with Gasteiger partial charge in [-0.05, 0) is 90.1 Å². The Balaban J connectivity index is 1.85. The molecule has 0 spiro atoms. The Morgan fingerprint density at radius 2 is 1.33 bits per heavy atom. The molecule has 0 bridgehead atoms. The average molecular weight is 491 g/mol. The summed E-state index contributed by atoms with van der Waals surface area (Å²) in [6.07, 6.45) is -0.135. The van der Waals surface area contributed by atoms with Crippen LogP contribution in [0, 0.1) is 5.41 Å². The molecule has 1 unspecified atom stereocenters. The number of ketones is 2. The molecular formula is C30H42N4O2. The number of anilines is 3. The van der Waals surface area contributed by atoms with Gasteiger partial charge >= 0.3 is 0 Å². The molecule has 1 N–H and O–H groups in total. The van der Waals surface area contributed by atoms with Crippen molar-refractivity contribution in [1.29, 1.82) is 0 Å². The van der Waals surface area contributed by atoms with Crippen LogP contribution in [0.5, 0.6) is 0 Å². The van der Waals surface area contributed by atoms with Gasteiger partial charge in [-0.3, -0.25) is 9.59 Å². The second-order valence-electron chi connectivity index (χ2n) is 10.6. The van der Waals surface area contributed by atoms with Gasteiger partial charge in [0, 0.05) is 47.7 Å². The molecule has 6 nitrogen and oxygen atoms in total. The lowest BCUT2D eigenvalue weighted by molar-refractivity contribution is -0.127. The largest absolute Gasteiger partial charge is 0.374 e. The molecule has 0 amide bonds. The molecule has 0 saturated heterocycles. The molecule has 1 fully saturated rings. The molecule has 2 aromatic rings. The van der Waals surface area contributed by atoms with Gasteiger partial charge in [-0.1, -0.05) is 13.8 Å². The molecule has 1 aliphatic rings. The molecule has 36 heavy (non-hydrogen) atoms. The van der Waals surface area contributed by atoms with E-state index in [0.29, 0.717) is 17.8 Å². The van der Waals surface area contributed by atoms with Gasteiger partial charge in [0.1, 0.15) is 0 Å². The van der Waals surface area contributed by atoms with Gasteiger partial charge in [-0.2, -0.15) is 0 Å². The number of carbonyl (C=O) groups excluding carboxylic acids is 2. The third kappa shape index (κ3) is 5.80. The van der Waals surface area contributed by atoms with E-state index < -0.39 is 11.5 Å². The Labute approximate surface area is 216 Å². The number of hydrogen-bond acceptors (Lipinski definition) is 6. The van der Waals surface area contributed by atoms with Gasteiger partial charge in [0.2, 0.25) is 0 Å². The van der Waals surface area contributed by atoms with Crippen molar-refractivity contribution in [2.24, 2.45) is 10.4 Å². The minimum absolute atomic E-state index is 0.101. The number of nitrogens with one attached hydrogen (secondary N) is 1. The van der Waals surface area contributed by atoms with Crippen LogP contribution in [0.25, 0.3) is 0 Å². The fourth-order valence-electron chi connectivity index (χ4n) is 5.17. The highest BCUT2D eigenvalue weighted by atomic mass is 16.2. The minimum atomic E-state index is -0.759. The molecule has 0 radical (unpaired) electrons. The SMILES string of the molecule is CCN(c1ccc(N=C2C(=O)CC(=O)C(Nc3ccc(N(CC)C(C)C)cc3)C2(C)C)cc1)C(C)C. The van der Waals surface area contributed by atoms with E-state index in [9.17, 15) is 9.59 Å². The number of rotatable bonds is 9. The van der Waals surface area contributed by atoms with E-state index in [2.05, 4.69) is 68.8 Å². The topological polar surface area (TPSA) is 65.0 Å². The zero-order valence-corrected chi connectivity index (χ0v) is 23.1. The Morgan fingerprint density at radius 3 is 1.78 bits per heavy atom. The van der Waals surface area contributed by atoms with E-state index in [4.69, 9.17) is 4.99 Å². The van der Waals surface area contributed by atoms with Gasteiger partial charge in [-0.25, -0.2) is 4.99 Å². The number of aliphatic imine (C=N–C) groups is 1. The maximum atomic E-state index is 13.0. The molecule has 1 saturated carbocycles. The first kappa shape index (κ1) is 27.4. The van der Waals surface area contributed by atoms with Crippen LogP contribution in [0.4, 0.5) is 22.7 Å². The Kier molecular flexibility index (Phi) is 8.59. The summed E-state index contributed by atoms with van der Waals surface area (Å²) < 4.78 is 0. The lowest BCUT2D eigenvalue weighted by Crippen LogP contribution is -2.55. The van der Waals surface area contributed by atoms with Crippen LogP contribution in [0.1, 0.15) is 61.8 Å². The molecule has 194 valence electrons. The van der Waals surface area contributed by atoms with Crippen molar-refractivity contribution < 1.29 is 9.59 Å². The summed E-state index contributed by atoms with van der Waals surface area (Å²) in [5.41, 5.74) is 3.54. The van der Waals surface area contributed by atoms with Gasteiger partial charge in [0.05, 0.1) is 23.9 Å². The highest BCUT2D eigenvalue weighted by Crippen LogP contribution is 2.35. The summed E-state index contributed by atoms with van der Waals surface area (Å²) in [7, 11) is 0. The van der Waals surface area contributed by atoms with Crippen molar-refractivity contribution in [2.45, 2.75) is 79.9 Å². The van der Waals surface area contributed by atoms with Crippen LogP contribution < -0.4 is 15.1 Å². The van der Waals surface area contributed by atoms with Crippen molar-refractivity contribution in [3.63, 3.8) is 0 Å². The summed E-state index contributed by atoms with van der Waals surface area (Å²) in [5, 5.41) is 3.41. The third-order valence-corrected chi connectivity index (χ3v) is 7.11. The van der Waals surface area contributed by atoms with Gasteiger partial charge in [0.25, 0.3) is 0 Å². The first-order valence-electron chi connectivity index (χ1n) is 13.1. The van der Waals surface area contributed by atoms with E-state index in [-0.39, 0.29) is 18.0 Å². The standard InChI is InChI=1S/C30H42N4O2/c1-9-33(20(3)4)24-15-11-22(12-16-24)31-28-26(35)19-27(36)29(30(28,7)8)32-23-13-17-25(18-14-23)34(10-2)21(5)6/h11-18,20-21,28,31H,9-10,19H2,1-8H3. The minimum Gasteiger partial charge on any atom is -0.374 e. The number of carbonyl (C=O) groups is 2. The quantitative estimate of drug-likeness (QED) is 0.419. The van der Waals surface area contributed by atoms with Crippen molar-refractivity contribution in [2.75, 3.05) is 28.2 Å². The Hall–Kier alpha value is -3.15. The molecule has 1 aliphatic carbocycles. The first-order valence-corrected chi connectivity index (χ1v) is 13.1. The van der Waals surface area contributed by atoms with E-state index in [1.165, 1.54) is 0 Å². The lowest BCUT2D eigenvalue weighted by Gasteiger charge is -2.38. The van der Waals surface area contributed by atoms with Crippen molar-refractivity contribution in [1.82, 2.24) is 0 Å². The maximum absolute atomic E-state index is 13.0. The predicted molar refractivity (Wildman–Crippen MR) is 152 cm³/mol. The summed E-state index contributed by atoms with van der Waals surface area (Å²) in [6, 6.07) is 16.4. The molecule has 2 aromatic carbocycles. The summed E-state index contributed by atoms with van der Waals surface area (Å²) >= 11 is 0. The monoisotopic (exact) mass is 490 g/mol. The van der Waals surface area contributed by atoms with E-state index in [1.807, 2.05) is 50.2 Å². The zero-order chi connectivity index (χ0) is 26.6. The van der Waals surface area contributed by atoms with Crippen LogP contribution in [0.15, 0.2) is 53.5 Å².